The van der Waals surface area contributed by atoms with Crippen LogP contribution in [0.15, 0.2) is 16.6 Å². The van der Waals surface area contributed by atoms with Crippen molar-refractivity contribution in [3.8, 4) is 5.75 Å². The van der Waals surface area contributed by atoms with Crippen LogP contribution in [-0.4, -0.2) is 33.2 Å². The van der Waals surface area contributed by atoms with Crippen LogP contribution in [0.1, 0.15) is 17.3 Å². The van der Waals surface area contributed by atoms with Gasteiger partial charge in [0.2, 0.25) is 0 Å². The first-order chi connectivity index (χ1) is 8.30. The van der Waals surface area contributed by atoms with Gasteiger partial charge in [0.25, 0.3) is 10.1 Å². The number of methoxy groups -OCH3 is 2. The van der Waals surface area contributed by atoms with Gasteiger partial charge in [-0.3, -0.25) is 4.55 Å². The Balaban J connectivity index is 0. The number of ether oxygens (including phenoxy) is 2. The van der Waals surface area contributed by atoms with Crippen LogP contribution in [0, 0.1) is 0 Å². The van der Waals surface area contributed by atoms with Crippen LogP contribution in [-0.2, 0) is 20.6 Å². The Morgan fingerprint density at radius 1 is 1.42 bits per heavy atom. The molecule has 9 heteroatoms. The van der Waals surface area contributed by atoms with Crippen LogP contribution < -0.4 is 34.3 Å². The third kappa shape index (κ3) is 5.05. The van der Waals surface area contributed by atoms with E-state index in [0.29, 0.717) is 4.47 Å². The Kier molecular flexibility index (Phi) is 7.56. The zero-order chi connectivity index (χ0) is 13.9. The molecule has 0 aliphatic rings. The van der Waals surface area contributed by atoms with Crippen molar-refractivity contribution in [2.24, 2.45) is 0 Å². The minimum Gasteiger partial charge on any atom is -1.00 e. The number of hydrogen-bond donors (Lipinski definition) is 1. The quantitative estimate of drug-likeness (QED) is 0.409. The molecule has 0 bridgehead atoms. The summed E-state index contributed by atoms with van der Waals surface area (Å²) in [5, 5.41) is 0. The van der Waals surface area contributed by atoms with Crippen molar-refractivity contribution < 1.29 is 58.2 Å². The second-order valence-electron chi connectivity index (χ2n) is 3.33. The van der Waals surface area contributed by atoms with E-state index in [0.717, 1.165) is 0 Å². The van der Waals surface area contributed by atoms with Gasteiger partial charge in [-0.2, -0.15) is 8.42 Å². The van der Waals surface area contributed by atoms with Gasteiger partial charge in [-0.1, -0.05) is 6.07 Å². The Morgan fingerprint density at radius 3 is 2.42 bits per heavy atom. The first kappa shape index (κ1) is 18.9. The number of hydrogen-bond acceptors (Lipinski definition) is 5. The summed E-state index contributed by atoms with van der Waals surface area (Å²) in [4.78, 5) is 11.7. The van der Waals surface area contributed by atoms with Crippen molar-refractivity contribution in [2.45, 2.75) is 5.75 Å². The molecule has 0 fully saturated rings. The van der Waals surface area contributed by atoms with Crippen LogP contribution in [0.25, 0.3) is 0 Å². The Hall–Kier alpha value is -0.120. The monoisotopic (exact) mass is 362 g/mol. The van der Waals surface area contributed by atoms with Crippen molar-refractivity contribution in [3.63, 3.8) is 0 Å². The molecule has 0 aliphatic heterocycles. The van der Waals surface area contributed by atoms with Crippen LogP contribution in [0.3, 0.4) is 0 Å². The fraction of sp³-hybridized carbons (Fsp3) is 0.300. The number of benzene rings is 1. The van der Waals surface area contributed by atoms with Crippen molar-refractivity contribution in [3.05, 3.63) is 27.7 Å². The molecule has 0 amide bonds. The summed E-state index contributed by atoms with van der Waals surface area (Å²) in [5.74, 6) is -1.28. The number of carbonyl (C=O) groups excluding carboxylic acids is 1. The fourth-order valence-corrected chi connectivity index (χ4v) is 2.57. The first-order valence-corrected chi connectivity index (χ1v) is 7.09. The van der Waals surface area contributed by atoms with E-state index in [-0.39, 0.29) is 47.9 Å². The number of halogens is 1. The minimum absolute atomic E-state index is 0. The normalized spacial score (nSPS) is 10.5. The number of esters is 1. The van der Waals surface area contributed by atoms with E-state index in [1.54, 1.807) is 0 Å². The van der Waals surface area contributed by atoms with E-state index in [1.807, 2.05) is 0 Å². The Labute approximate surface area is 143 Å². The van der Waals surface area contributed by atoms with E-state index in [1.165, 1.54) is 26.4 Å². The average Bonchev–Trinajstić information content (AvgIpc) is 2.28. The maximum Gasteiger partial charge on any atom is 1.00 e. The van der Waals surface area contributed by atoms with Crippen molar-refractivity contribution in [1.82, 2.24) is 0 Å². The van der Waals surface area contributed by atoms with E-state index in [9.17, 15) is 13.2 Å². The van der Waals surface area contributed by atoms with Gasteiger partial charge in [0.15, 0.2) is 0 Å². The van der Waals surface area contributed by atoms with Gasteiger partial charge in [0, 0.05) is 0 Å². The average molecular weight is 363 g/mol. The zero-order valence-corrected chi connectivity index (χ0v) is 15.0. The van der Waals surface area contributed by atoms with Crippen LogP contribution in [0.4, 0.5) is 0 Å². The molecule has 6 nitrogen and oxygen atoms in total. The molecule has 1 aromatic rings. The predicted molar refractivity (Wildman–Crippen MR) is 68.4 cm³/mol. The standard InChI is InChI=1S/C10H11BrO6S.Na.H/c1-16-9-7(11)4-3-6(5-18(13,14)15)8(9)10(12)17-2;;/h3-4H,5H2,1-2H3,(H,13,14,15);;/q;+1;-1. The topological polar surface area (TPSA) is 89.9 Å². The minimum atomic E-state index is -4.26. The number of carbonyl (C=O) groups is 1. The first-order valence-electron chi connectivity index (χ1n) is 4.69. The van der Waals surface area contributed by atoms with Crippen molar-refractivity contribution in [2.75, 3.05) is 14.2 Å². The van der Waals surface area contributed by atoms with Gasteiger partial charge >= 0.3 is 35.5 Å². The Morgan fingerprint density at radius 2 is 2.00 bits per heavy atom. The molecular formula is C10H12BrNaO6S. The molecule has 0 unspecified atom stereocenters. The summed E-state index contributed by atoms with van der Waals surface area (Å²) >= 11 is 3.17. The summed E-state index contributed by atoms with van der Waals surface area (Å²) in [5.41, 5.74) is 0.0661. The van der Waals surface area contributed by atoms with Crippen LogP contribution in [0.5, 0.6) is 5.75 Å². The van der Waals surface area contributed by atoms with Gasteiger partial charge < -0.3 is 10.9 Å². The summed E-state index contributed by atoms with van der Waals surface area (Å²) in [6.45, 7) is 0. The molecule has 0 heterocycles. The SMILES string of the molecule is COC(=O)c1c(CS(=O)(=O)O)ccc(Br)c1OC.[H-].[Na+]. The van der Waals surface area contributed by atoms with Crippen molar-refractivity contribution in [1.29, 1.82) is 0 Å². The van der Waals surface area contributed by atoms with Gasteiger partial charge in [0.05, 0.1) is 18.7 Å². The van der Waals surface area contributed by atoms with Gasteiger partial charge in [-0.15, -0.1) is 0 Å². The third-order valence-corrected chi connectivity index (χ3v) is 3.43. The summed E-state index contributed by atoms with van der Waals surface area (Å²) < 4.78 is 40.7. The smallest absolute Gasteiger partial charge is 1.00 e. The second kappa shape index (κ2) is 7.61. The second-order valence-corrected chi connectivity index (χ2v) is 5.64. The fourth-order valence-electron chi connectivity index (χ4n) is 1.44. The molecule has 1 rings (SSSR count). The maximum atomic E-state index is 11.7. The Bertz CT molecular complexity index is 577. The molecule has 1 aromatic carbocycles. The summed E-state index contributed by atoms with van der Waals surface area (Å²) in [6.07, 6.45) is 0. The number of rotatable bonds is 4. The largest absolute Gasteiger partial charge is 1.00 e. The van der Waals surface area contributed by atoms with E-state index in [4.69, 9.17) is 9.29 Å². The molecule has 0 atom stereocenters. The molecule has 19 heavy (non-hydrogen) atoms. The van der Waals surface area contributed by atoms with E-state index < -0.39 is 21.8 Å². The van der Waals surface area contributed by atoms with Crippen molar-refractivity contribution >= 4 is 32.0 Å². The molecule has 0 spiro atoms. The molecule has 1 N–H and O–H groups in total. The predicted octanol–water partition coefficient (Wildman–Crippen LogP) is -1.25. The summed E-state index contributed by atoms with van der Waals surface area (Å²) in [7, 11) is -1.75. The van der Waals surface area contributed by atoms with Gasteiger partial charge in [-0.05, 0) is 27.6 Å². The molecule has 0 saturated heterocycles. The molecule has 102 valence electrons. The molecule has 0 aromatic heterocycles. The van der Waals surface area contributed by atoms with Gasteiger partial charge in [0.1, 0.15) is 17.1 Å². The third-order valence-electron chi connectivity index (χ3n) is 2.13. The van der Waals surface area contributed by atoms with Gasteiger partial charge in [-0.25, -0.2) is 4.79 Å². The molecule has 0 aliphatic carbocycles. The van der Waals surface area contributed by atoms with E-state index in [2.05, 4.69) is 20.7 Å². The summed E-state index contributed by atoms with van der Waals surface area (Å²) in [6, 6.07) is 2.92. The van der Waals surface area contributed by atoms with Crippen LogP contribution in [0.2, 0.25) is 0 Å². The molecule has 0 saturated carbocycles. The zero-order valence-electron chi connectivity index (χ0n) is 11.6. The van der Waals surface area contributed by atoms with Crippen LogP contribution >= 0.6 is 15.9 Å². The molecular weight excluding hydrogens is 351 g/mol. The maximum absolute atomic E-state index is 11.7. The van der Waals surface area contributed by atoms with E-state index >= 15 is 0 Å². The molecule has 0 radical (unpaired) electrons.